The van der Waals surface area contributed by atoms with Crippen LogP contribution in [-0.4, -0.2) is 38.5 Å². The molecule has 6 heteroatoms. The van der Waals surface area contributed by atoms with Gasteiger partial charge >= 0.3 is 0 Å². The Hall–Kier alpha value is -0.170. The zero-order valence-corrected chi connectivity index (χ0v) is 12.1. The van der Waals surface area contributed by atoms with Gasteiger partial charge in [0.2, 0.25) is 0 Å². The first-order valence-corrected chi connectivity index (χ1v) is 8.29. The van der Waals surface area contributed by atoms with Gasteiger partial charge in [0.1, 0.15) is 0 Å². The van der Waals surface area contributed by atoms with Gasteiger partial charge in [-0.05, 0) is 26.2 Å². The summed E-state index contributed by atoms with van der Waals surface area (Å²) in [6.45, 7) is 2.69. The third kappa shape index (κ3) is 2.31. The summed E-state index contributed by atoms with van der Waals surface area (Å²) in [4.78, 5) is 0. The predicted molar refractivity (Wildman–Crippen MR) is 70.2 cm³/mol. The van der Waals surface area contributed by atoms with E-state index in [1.54, 1.807) is 7.05 Å². The highest BCUT2D eigenvalue weighted by atomic mass is 32.2. The lowest BCUT2D eigenvalue weighted by Gasteiger charge is -2.59. The molecule has 0 bridgehead atoms. The summed E-state index contributed by atoms with van der Waals surface area (Å²) in [5.41, 5.74) is 0.00938. The minimum absolute atomic E-state index is 0.00938. The Morgan fingerprint density at radius 3 is 2.44 bits per heavy atom. The van der Waals surface area contributed by atoms with E-state index in [1.165, 1.54) is 23.6 Å². The first-order chi connectivity index (χ1) is 8.42. The molecule has 2 rings (SSSR count). The largest absolute Gasteiger partial charge is 0.378 e. The first-order valence-electron chi connectivity index (χ1n) is 6.79. The van der Waals surface area contributed by atoms with Crippen LogP contribution < -0.4 is 5.14 Å². The number of ether oxygens (including phenoxy) is 1. The molecule has 0 aromatic carbocycles. The fourth-order valence-corrected chi connectivity index (χ4v) is 4.37. The Morgan fingerprint density at radius 2 is 1.94 bits per heavy atom. The minimum Gasteiger partial charge on any atom is -0.378 e. The van der Waals surface area contributed by atoms with Gasteiger partial charge in [-0.2, -0.15) is 12.7 Å². The van der Waals surface area contributed by atoms with Gasteiger partial charge in [-0.15, -0.1) is 0 Å². The van der Waals surface area contributed by atoms with Crippen LogP contribution in [0.4, 0.5) is 0 Å². The zero-order chi connectivity index (χ0) is 13.4. The molecule has 0 aromatic heterocycles. The fourth-order valence-electron chi connectivity index (χ4n) is 3.71. The molecule has 2 N–H and O–H groups in total. The highest BCUT2D eigenvalue weighted by Crippen LogP contribution is 2.55. The van der Waals surface area contributed by atoms with Crippen LogP contribution in [0.2, 0.25) is 0 Å². The quantitative estimate of drug-likeness (QED) is 0.840. The number of nitrogens with two attached hydrogens (primary N) is 1. The maximum atomic E-state index is 11.5. The topological polar surface area (TPSA) is 72.6 Å². The molecule has 18 heavy (non-hydrogen) atoms. The van der Waals surface area contributed by atoms with E-state index in [0.717, 1.165) is 19.3 Å². The summed E-state index contributed by atoms with van der Waals surface area (Å²) < 4.78 is 30.2. The third-order valence-electron chi connectivity index (χ3n) is 4.73. The summed E-state index contributed by atoms with van der Waals surface area (Å²) in [6, 6.07) is 0.0179. The van der Waals surface area contributed by atoms with Crippen LogP contribution in [0.1, 0.15) is 45.4 Å². The summed E-state index contributed by atoms with van der Waals surface area (Å²) in [5.74, 6) is 0. The van der Waals surface area contributed by atoms with E-state index >= 15 is 0 Å². The van der Waals surface area contributed by atoms with Crippen LogP contribution in [0.5, 0.6) is 0 Å². The third-order valence-corrected chi connectivity index (χ3v) is 5.79. The van der Waals surface area contributed by atoms with Crippen molar-refractivity contribution in [1.82, 2.24) is 4.31 Å². The maximum absolute atomic E-state index is 11.5. The molecule has 0 unspecified atom stereocenters. The second-order valence-corrected chi connectivity index (χ2v) is 7.16. The monoisotopic (exact) mass is 276 g/mol. The van der Waals surface area contributed by atoms with Gasteiger partial charge in [-0.1, -0.05) is 19.3 Å². The molecule has 0 aliphatic heterocycles. The van der Waals surface area contributed by atoms with Crippen molar-refractivity contribution in [3.8, 4) is 0 Å². The lowest BCUT2D eigenvalue weighted by Crippen LogP contribution is -2.66. The Kier molecular flexibility index (Phi) is 4.02. The van der Waals surface area contributed by atoms with Crippen LogP contribution in [0.15, 0.2) is 0 Å². The normalized spacial score (nSPS) is 31.6. The van der Waals surface area contributed by atoms with Crippen molar-refractivity contribution in [2.45, 2.75) is 57.6 Å². The number of nitrogens with zero attached hydrogens (tertiary/aromatic N) is 1. The first kappa shape index (κ1) is 14.2. The van der Waals surface area contributed by atoms with Gasteiger partial charge in [0.05, 0.1) is 6.10 Å². The molecule has 2 aliphatic rings. The molecule has 0 radical (unpaired) electrons. The van der Waals surface area contributed by atoms with E-state index in [9.17, 15) is 8.42 Å². The van der Waals surface area contributed by atoms with Gasteiger partial charge in [0.15, 0.2) is 0 Å². The van der Waals surface area contributed by atoms with Crippen LogP contribution in [0, 0.1) is 5.41 Å². The fraction of sp³-hybridized carbons (Fsp3) is 1.00. The van der Waals surface area contributed by atoms with E-state index < -0.39 is 10.2 Å². The predicted octanol–water partition coefficient (Wildman–Crippen LogP) is 1.25. The molecule has 0 saturated heterocycles. The van der Waals surface area contributed by atoms with Gasteiger partial charge in [0, 0.05) is 25.1 Å². The molecule has 0 aromatic rings. The second kappa shape index (κ2) is 5.07. The molecular weight excluding hydrogens is 252 g/mol. The average Bonchev–Trinajstić information content (AvgIpc) is 2.33. The molecular formula is C12H24N2O3S. The SMILES string of the molecule is CCO[C@H]1C[C@@H](N(C)S(N)(=O)=O)C12CCCCC2. The van der Waals surface area contributed by atoms with Gasteiger partial charge < -0.3 is 4.74 Å². The molecule has 0 amide bonds. The molecule has 0 heterocycles. The van der Waals surface area contributed by atoms with Gasteiger partial charge in [0.25, 0.3) is 10.2 Å². The van der Waals surface area contributed by atoms with E-state index in [1.807, 2.05) is 6.92 Å². The lowest BCUT2D eigenvalue weighted by atomic mass is 9.55. The smallest absolute Gasteiger partial charge is 0.276 e. The van der Waals surface area contributed by atoms with Gasteiger partial charge in [-0.3, -0.25) is 0 Å². The van der Waals surface area contributed by atoms with Crippen molar-refractivity contribution in [3.63, 3.8) is 0 Å². The number of hydrogen-bond donors (Lipinski definition) is 1. The molecule has 1 spiro atoms. The molecule has 2 saturated carbocycles. The van der Waals surface area contributed by atoms with E-state index in [4.69, 9.17) is 9.88 Å². The van der Waals surface area contributed by atoms with Crippen molar-refractivity contribution in [2.75, 3.05) is 13.7 Å². The van der Waals surface area contributed by atoms with Crippen molar-refractivity contribution in [2.24, 2.45) is 10.6 Å². The standard InChI is InChI=1S/C12H24N2O3S/c1-3-17-11-9-10(14(2)18(13,15)16)12(11)7-5-4-6-8-12/h10-11H,3-9H2,1-2H3,(H2,13,15,16)/t10-,11+/m1/s1. The van der Waals surface area contributed by atoms with Crippen molar-refractivity contribution in [3.05, 3.63) is 0 Å². The lowest BCUT2D eigenvalue weighted by molar-refractivity contribution is -0.164. The number of hydrogen-bond acceptors (Lipinski definition) is 3. The van der Waals surface area contributed by atoms with E-state index in [0.29, 0.717) is 6.61 Å². The number of rotatable bonds is 4. The molecule has 2 atom stereocenters. The Bertz CT molecular complexity index is 390. The minimum atomic E-state index is -3.60. The van der Waals surface area contributed by atoms with E-state index in [-0.39, 0.29) is 17.6 Å². The maximum Gasteiger partial charge on any atom is 0.276 e. The zero-order valence-electron chi connectivity index (χ0n) is 11.3. The summed E-state index contributed by atoms with van der Waals surface area (Å²) in [5, 5.41) is 5.26. The van der Waals surface area contributed by atoms with Gasteiger partial charge in [-0.25, -0.2) is 5.14 Å². The van der Waals surface area contributed by atoms with Crippen molar-refractivity contribution >= 4 is 10.2 Å². The highest BCUT2D eigenvalue weighted by molar-refractivity contribution is 7.86. The molecule has 5 nitrogen and oxygen atoms in total. The average molecular weight is 276 g/mol. The Balaban J connectivity index is 2.17. The van der Waals surface area contributed by atoms with Crippen LogP contribution in [-0.2, 0) is 14.9 Å². The Morgan fingerprint density at radius 1 is 1.33 bits per heavy atom. The van der Waals surface area contributed by atoms with Crippen LogP contribution >= 0.6 is 0 Å². The summed E-state index contributed by atoms with van der Waals surface area (Å²) in [7, 11) is -2.00. The molecule has 106 valence electrons. The highest BCUT2D eigenvalue weighted by Gasteiger charge is 2.58. The van der Waals surface area contributed by atoms with Crippen molar-refractivity contribution in [1.29, 1.82) is 0 Å². The Labute approximate surface area is 110 Å². The van der Waals surface area contributed by atoms with Crippen LogP contribution in [0.3, 0.4) is 0 Å². The van der Waals surface area contributed by atoms with E-state index in [2.05, 4.69) is 0 Å². The molecule has 2 aliphatic carbocycles. The second-order valence-electron chi connectivity index (χ2n) is 5.55. The van der Waals surface area contributed by atoms with Crippen molar-refractivity contribution < 1.29 is 13.2 Å². The van der Waals surface area contributed by atoms with Crippen LogP contribution in [0.25, 0.3) is 0 Å². The summed E-state index contributed by atoms with van der Waals surface area (Å²) >= 11 is 0. The molecule has 2 fully saturated rings. The summed E-state index contributed by atoms with van der Waals surface area (Å²) in [6.07, 6.45) is 6.67.